The lowest BCUT2D eigenvalue weighted by Gasteiger charge is -2.21. The Morgan fingerprint density at radius 1 is 1.42 bits per heavy atom. The second-order valence-electron chi connectivity index (χ2n) is 4.79. The third-order valence-corrected chi connectivity index (χ3v) is 3.50. The van der Waals surface area contributed by atoms with Gasteiger partial charge in [-0.2, -0.15) is 0 Å². The SMILES string of the molecule is CCCC1CCC(C=Cc2ccc(F)c(Cl)c2)=CO1. The average molecular weight is 281 g/mol. The molecule has 0 N–H and O–H groups in total. The number of ether oxygens (including phenoxy) is 1. The van der Waals surface area contributed by atoms with E-state index in [9.17, 15) is 4.39 Å². The van der Waals surface area contributed by atoms with Crippen LogP contribution in [-0.2, 0) is 4.74 Å². The molecule has 1 aromatic rings. The predicted octanol–water partition coefficient (Wildman–Crippen LogP) is 5.36. The summed E-state index contributed by atoms with van der Waals surface area (Å²) in [6.07, 6.45) is 10.5. The Morgan fingerprint density at radius 2 is 2.26 bits per heavy atom. The molecule has 1 aliphatic heterocycles. The van der Waals surface area contributed by atoms with Crippen LogP contribution in [0.1, 0.15) is 38.2 Å². The predicted molar refractivity (Wildman–Crippen MR) is 77.5 cm³/mol. The van der Waals surface area contributed by atoms with Gasteiger partial charge in [-0.3, -0.25) is 0 Å². The molecule has 1 atom stereocenters. The Kier molecular flexibility index (Phi) is 5.03. The van der Waals surface area contributed by atoms with Crippen molar-refractivity contribution in [2.75, 3.05) is 0 Å². The van der Waals surface area contributed by atoms with Gasteiger partial charge in [0.15, 0.2) is 0 Å². The first-order valence-corrected chi connectivity index (χ1v) is 7.04. The molecule has 0 fully saturated rings. The highest BCUT2D eigenvalue weighted by Crippen LogP contribution is 2.23. The molecule has 0 radical (unpaired) electrons. The van der Waals surface area contributed by atoms with E-state index in [2.05, 4.69) is 6.92 Å². The highest BCUT2D eigenvalue weighted by Gasteiger charge is 2.12. The lowest BCUT2D eigenvalue weighted by Crippen LogP contribution is -2.13. The zero-order valence-corrected chi connectivity index (χ0v) is 11.8. The van der Waals surface area contributed by atoms with Crippen LogP contribution >= 0.6 is 11.6 Å². The van der Waals surface area contributed by atoms with Crippen molar-refractivity contribution in [2.45, 2.75) is 38.7 Å². The molecular formula is C16H18ClFO. The molecule has 0 aliphatic carbocycles. The van der Waals surface area contributed by atoms with Crippen LogP contribution in [0.4, 0.5) is 4.39 Å². The van der Waals surface area contributed by atoms with Crippen molar-refractivity contribution in [3.63, 3.8) is 0 Å². The van der Waals surface area contributed by atoms with Crippen molar-refractivity contribution in [1.82, 2.24) is 0 Å². The molecule has 19 heavy (non-hydrogen) atoms. The van der Waals surface area contributed by atoms with Crippen molar-refractivity contribution >= 4 is 17.7 Å². The minimum absolute atomic E-state index is 0.152. The molecule has 1 unspecified atom stereocenters. The van der Waals surface area contributed by atoms with Crippen LogP contribution in [0.2, 0.25) is 5.02 Å². The number of hydrogen-bond donors (Lipinski definition) is 0. The molecule has 0 amide bonds. The van der Waals surface area contributed by atoms with Gasteiger partial charge < -0.3 is 4.74 Å². The van der Waals surface area contributed by atoms with Gasteiger partial charge in [0.2, 0.25) is 0 Å². The summed E-state index contributed by atoms with van der Waals surface area (Å²) in [6, 6.07) is 4.71. The minimum Gasteiger partial charge on any atom is -0.498 e. The van der Waals surface area contributed by atoms with E-state index in [4.69, 9.17) is 16.3 Å². The standard InChI is InChI=1S/C16H18ClFO/c1-2-3-14-8-6-13(11-19-14)5-4-12-7-9-16(18)15(17)10-12/h4-5,7,9-11,14H,2-3,6,8H2,1H3. The minimum atomic E-state index is -0.388. The maximum absolute atomic E-state index is 13.0. The van der Waals surface area contributed by atoms with Gasteiger partial charge in [0.1, 0.15) is 5.82 Å². The molecule has 102 valence electrons. The molecule has 1 aromatic carbocycles. The molecule has 1 heterocycles. The summed E-state index contributed by atoms with van der Waals surface area (Å²) in [5.41, 5.74) is 2.05. The van der Waals surface area contributed by atoms with Crippen molar-refractivity contribution < 1.29 is 9.13 Å². The van der Waals surface area contributed by atoms with Crippen LogP contribution < -0.4 is 0 Å². The fourth-order valence-electron chi connectivity index (χ4n) is 2.11. The van der Waals surface area contributed by atoms with Crippen LogP contribution in [0.3, 0.4) is 0 Å². The van der Waals surface area contributed by atoms with Gasteiger partial charge in [-0.1, -0.05) is 43.2 Å². The first-order valence-electron chi connectivity index (χ1n) is 6.66. The maximum Gasteiger partial charge on any atom is 0.141 e. The highest BCUT2D eigenvalue weighted by molar-refractivity contribution is 6.30. The fourth-order valence-corrected chi connectivity index (χ4v) is 2.30. The number of rotatable bonds is 4. The largest absolute Gasteiger partial charge is 0.498 e. The summed E-state index contributed by atoms with van der Waals surface area (Å²) in [6.45, 7) is 2.17. The molecule has 0 bridgehead atoms. The quantitative estimate of drug-likeness (QED) is 0.722. The average Bonchev–Trinajstić information content (AvgIpc) is 2.42. The zero-order chi connectivity index (χ0) is 13.7. The molecule has 0 aromatic heterocycles. The van der Waals surface area contributed by atoms with Crippen molar-refractivity contribution in [3.05, 3.63) is 52.5 Å². The molecule has 3 heteroatoms. The molecule has 0 saturated heterocycles. The highest BCUT2D eigenvalue weighted by atomic mass is 35.5. The van der Waals surface area contributed by atoms with E-state index in [1.165, 1.54) is 6.07 Å². The van der Waals surface area contributed by atoms with Gasteiger partial charge in [0.05, 0.1) is 17.4 Å². The van der Waals surface area contributed by atoms with E-state index in [0.717, 1.165) is 36.8 Å². The number of benzene rings is 1. The monoisotopic (exact) mass is 280 g/mol. The van der Waals surface area contributed by atoms with Crippen LogP contribution in [-0.4, -0.2) is 6.10 Å². The summed E-state index contributed by atoms with van der Waals surface area (Å²) >= 11 is 5.74. The lowest BCUT2D eigenvalue weighted by molar-refractivity contribution is 0.112. The topological polar surface area (TPSA) is 9.23 Å². The lowest BCUT2D eigenvalue weighted by atomic mass is 10.0. The van der Waals surface area contributed by atoms with Crippen molar-refractivity contribution in [1.29, 1.82) is 0 Å². The molecule has 0 saturated carbocycles. The summed E-state index contributed by atoms with van der Waals surface area (Å²) in [5.74, 6) is -0.388. The molecule has 2 rings (SSSR count). The van der Waals surface area contributed by atoms with E-state index in [1.54, 1.807) is 12.1 Å². The van der Waals surface area contributed by atoms with Gasteiger partial charge in [-0.15, -0.1) is 0 Å². The third-order valence-electron chi connectivity index (χ3n) is 3.21. The molecular weight excluding hydrogens is 263 g/mol. The van der Waals surface area contributed by atoms with Gasteiger partial charge in [0, 0.05) is 0 Å². The summed E-state index contributed by atoms with van der Waals surface area (Å²) in [7, 11) is 0. The second kappa shape index (κ2) is 6.76. The first kappa shape index (κ1) is 14.1. The smallest absolute Gasteiger partial charge is 0.141 e. The Bertz CT molecular complexity index is 494. The summed E-state index contributed by atoms with van der Waals surface area (Å²) in [5, 5.41) is 0.152. The van der Waals surface area contributed by atoms with E-state index in [-0.39, 0.29) is 10.8 Å². The van der Waals surface area contributed by atoms with Gasteiger partial charge >= 0.3 is 0 Å². The van der Waals surface area contributed by atoms with Crippen LogP contribution in [0.5, 0.6) is 0 Å². The number of hydrogen-bond acceptors (Lipinski definition) is 1. The van der Waals surface area contributed by atoms with E-state index in [0.29, 0.717) is 6.10 Å². The zero-order valence-electron chi connectivity index (χ0n) is 11.0. The Labute approximate surface area is 118 Å². The summed E-state index contributed by atoms with van der Waals surface area (Å²) < 4.78 is 18.7. The third kappa shape index (κ3) is 4.10. The Hall–Kier alpha value is -1.28. The molecule has 1 aliphatic rings. The van der Waals surface area contributed by atoms with Crippen LogP contribution in [0, 0.1) is 5.82 Å². The van der Waals surface area contributed by atoms with E-state index < -0.39 is 0 Å². The van der Waals surface area contributed by atoms with Crippen molar-refractivity contribution in [3.8, 4) is 0 Å². The van der Waals surface area contributed by atoms with Crippen molar-refractivity contribution in [2.24, 2.45) is 0 Å². The normalized spacial score (nSPS) is 19.3. The second-order valence-corrected chi connectivity index (χ2v) is 5.19. The Balaban J connectivity index is 1.97. The van der Waals surface area contributed by atoms with E-state index >= 15 is 0 Å². The fraction of sp³-hybridized carbons (Fsp3) is 0.375. The number of halogens is 2. The van der Waals surface area contributed by atoms with E-state index in [1.807, 2.05) is 18.4 Å². The number of allylic oxidation sites excluding steroid dienone is 2. The van der Waals surface area contributed by atoms with Gasteiger partial charge in [-0.05, 0) is 42.5 Å². The summed E-state index contributed by atoms with van der Waals surface area (Å²) in [4.78, 5) is 0. The van der Waals surface area contributed by atoms with Crippen LogP contribution in [0.25, 0.3) is 6.08 Å². The maximum atomic E-state index is 13.0. The molecule has 0 spiro atoms. The Morgan fingerprint density at radius 3 is 2.89 bits per heavy atom. The van der Waals surface area contributed by atoms with Crippen LogP contribution in [0.15, 0.2) is 36.1 Å². The van der Waals surface area contributed by atoms with Gasteiger partial charge in [0.25, 0.3) is 0 Å². The first-order chi connectivity index (χ1) is 9.19. The van der Waals surface area contributed by atoms with Gasteiger partial charge in [-0.25, -0.2) is 4.39 Å². The molecule has 1 nitrogen and oxygen atoms in total.